The molecule has 138 valence electrons. The Bertz CT molecular complexity index is 835. The molecule has 6 heteroatoms. The van der Waals surface area contributed by atoms with E-state index in [1.807, 2.05) is 38.1 Å². The zero-order valence-corrected chi connectivity index (χ0v) is 15.7. The van der Waals surface area contributed by atoms with Crippen LogP contribution in [-0.2, 0) is 0 Å². The van der Waals surface area contributed by atoms with Gasteiger partial charge in [0.05, 0.1) is 25.8 Å². The molecule has 2 heterocycles. The molecule has 1 aromatic carbocycles. The molecular weight excluding hydrogens is 330 g/mol. The van der Waals surface area contributed by atoms with Crippen LogP contribution in [0.5, 0.6) is 11.5 Å². The maximum atomic E-state index is 12.1. The summed E-state index contributed by atoms with van der Waals surface area (Å²) in [5.41, 5.74) is 8.90. The molecular formula is C20H25N3O3. The maximum absolute atomic E-state index is 12.1. The highest BCUT2D eigenvalue weighted by atomic mass is 16.5. The summed E-state index contributed by atoms with van der Waals surface area (Å²) in [6, 6.07) is 7.72. The van der Waals surface area contributed by atoms with Gasteiger partial charge in [-0.05, 0) is 56.5 Å². The van der Waals surface area contributed by atoms with Crippen molar-refractivity contribution in [3.05, 3.63) is 46.6 Å². The molecule has 1 saturated heterocycles. The molecule has 1 aromatic heterocycles. The van der Waals surface area contributed by atoms with E-state index in [0.29, 0.717) is 11.4 Å². The summed E-state index contributed by atoms with van der Waals surface area (Å²) in [6.45, 7) is 4.63. The van der Waals surface area contributed by atoms with Crippen molar-refractivity contribution >= 4 is 11.7 Å². The number of ether oxygens (including phenoxy) is 2. The van der Waals surface area contributed by atoms with E-state index in [1.54, 1.807) is 14.2 Å². The largest absolute Gasteiger partial charge is 0.497 e. The van der Waals surface area contributed by atoms with Gasteiger partial charge >= 0.3 is 0 Å². The van der Waals surface area contributed by atoms with Crippen molar-refractivity contribution in [3.63, 3.8) is 0 Å². The van der Waals surface area contributed by atoms with Crippen molar-refractivity contribution in [3.8, 4) is 11.5 Å². The predicted octanol–water partition coefficient (Wildman–Crippen LogP) is 3.16. The van der Waals surface area contributed by atoms with Crippen molar-refractivity contribution in [2.75, 3.05) is 25.7 Å². The summed E-state index contributed by atoms with van der Waals surface area (Å²) in [6.07, 6.45) is 1.94. The van der Waals surface area contributed by atoms with Gasteiger partial charge in [-0.1, -0.05) is 0 Å². The van der Waals surface area contributed by atoms with Crippen molar-refractivity contribution in [1.29, 1.82) is 0 Å². The molecule has 6 nitrogen and oxygen atoms in total. The van der Waals surface area contributed by atoms with Crippen molar-refractivity contribution in [1.82, 2.24) is 4.98 Å². The molecule has 1 fully saturated rings. The zero-order valence-electron chi connectivity index (χ0n) is 15.7. The fourth-order valence-electron chi connectivity index (χ4n) is 3.77. The molecule has 1 atom stereocenters. The fourth-order valence-corrected chi connectivity index (χ4v) is 3.77. The van der Waals surface area contributed by atoms with E-state index < -0.39 is 5.91 Å². The highest BCUT2D eigenvalue weighted by molar-refractivity contribution is 5.99. The minimum atomic E-state index is -0.451. The minimum Gasteiger partial charge on any atom is -0.497 e. The lowest BCUT2D eigenvalue weighted by Gasteiger charge is -2.29. The molecule has 1 aliphatic heterocycles. The average Bonchev–Trinajstić information content (AvgIpc) is 3.09. The molecule has 26 heavy (non-hydrogen) atoms. The molecule has 3 rings (SSSR count). The highest BCUT2D eigenvalue weighted by Crippen LogP contribution is 2.42. The van der Waals surface area contributed by atoms with E-state index in [1.165, 1.54) is 0 Å². The molecule has 1 amide bonds. The number of hydrogen-bond donors (Lipinski definition) is 1. The number of aromatic nitrogens is 1. The monoisotopic (exact) mass is 355 g/mol. The average molecular weight is 355 g/mol. The van der Waals surface area contributed by atoms with Crippen molar-refractivity contribution in [2.45, 2.75) is 32.7 Å². The number of amides is 1. The second kappa shape index (κ2) is 7.23. The SMILES string of the molecule is COc1ccc(OC)c([C@@H]2CCCN2c2nc(C)cc(C)c2C(N)=O)c1. The molecule has 0 spiro atoms. The third-order valence-corrected chi connectivity index (χ3v) is 4.89. The number of rotatable bonds is 5. The molecule has 2 N–H and O–H groups in total. The van der Waals surface area contributed by atoms with Crippen LogP contribution in [0.2, 0.25) is 0 Å². The highest BCUT2D eigenvalue weighted by Gasteiger charge is 2.32. The Morgan fingerprint density at radius 1 is 1.23 bits per heavy atom. The molecule has 0 unspecified atom stereocenters. The lowest BCUT2D eigenvalue weighted by molar-refractivity contribution is 0.1000. The number of nitrogens with two attached hydrogens (primary N) is 1. The molecule has 0 aliphatic carbocycles. The fraction of sp³-hybridized carbons (Fsp3) is 0.400. The summed E-state index contributed by atoms with van der Waals surface area (Å²) in [5.74, 6) is 1.78. The number of nitrogens with zero attached hydrogens (tertiary/aromatic N) is 2. The topological polar surface area (TPSA) is 77.7 Å². The van der Waals surface area contributed by atoms with E-state index in [4.69, 9.17) is 15.2 Å². The molecule has 1 aliphatic rings. The van der Waals surface area contributed by atoms with Crippen LogP contribution in [0, 0.1) is 13.8 Å². The standard InChI is InChI=1S/C20H25N3O3/c1-12-10-13(2)22-20(18(12)19(21)24)23-9-5-6-16(23)15-11-14(25-3)7-8-17(15)26-4/h7-8,10-11,16H,5-6,9H2,1-4H3,(H2,21,24)/t16-/m0/s1. The first-order valence-electron chi connectivity index (χ1n) is 8.73. The number of carbonyl (C=O) groups is 1. The minimum absolute atomic E-state index is 0.0480. The Balaban J connectivity index is 2.12. The normalized spacial score (nSPS) is 16.6. The van der Waals surface area contributed by atoms with Crippen LogP contribution in [0.25, 0.3) is 0 Å². The maximum Gasteiger partial charge on any atom is 0.252 e. The summed E-state index contributed by atoms with van der Waals surface area (Å²) in [4.78, 5) is 18.9. The van der Waals surface area contributed by atoms with E-state index in [0.717, 1.165) is 47.7 Å². The van der Waals surface area contributed by atoms with E-state index >= 15 is 0 Å². The van der Waals surface area contributed by atoms with Crippen LogP contribution >= 0.6 is 0 Å². The first-order chi connectivity index (χ1) is 12.5. The lowest BCUT2D eigenvalue weighted by Crippen LogP contribution is -2.28. The van der Waals surface area contributed by atoms with Gasteiger partial charge < -0.3 is 20.1 Å². The van der Waals surface area contributed by atoms with Gasteiger partial charge in [0, 0.05) is 17.8 Å². The molecule has 0 bridgehead atoms. The zero-order chi connectivity index (χ0) is 18.8. The van der Waals surface area contributed by atoms with Gasteiger partial charge in [0.25, 0.3) is 5.91 Å². The first kappa shape index (κ1) is 18.0. The Morgan fingerprint density at radius 3 is 2.65 bits per heavy atom. The van der Waals surface area contributed by atoms with Crippen LogP contribution in [-0.4, -0.2) is 31.7 Å². The van der Waals surface area contributed by atoms with Gasteiger partial charge in [0.2, 0.25) is 0 Å². The van der Waals surface area contributed by atoms with E-state index in [-0.39, 0.29) is 6.04 Å². The Hall–Kier alpha value is -2.76. The number of hydrogen-bond acceptors (Lipinski definition) is 5. The van der Waals surface area contributed by atoms with Crippen LogP contribution in [0.3, 0.4) is 0 Å². The van der Waals surface area contributed by atoms with Crippen LogP contribution in [0.4, 0.5) is 5.82 Å². The predicted molar refractivity (Wildman–Crippen MR) is 101 cm³/mol. The third kappa shape index (κ3) is 3.19. The number of benzene rings is 1. The number of anilines is 1. The molecule has 0 saturated carbocycles. The van der Waals surface area contributed by atoms with Gasteiger partial charge in [-0.25, -0.2) is 4.98 Å². The first-order valence-corrected chi connectivity index (χ1v) is 8.73. The second-order valence-corrected chi connectivity index (χ2v) is 6.60. The van der Waals surface area contributed by atoms with Gasteiger partial charge in [0.15, 0.2) is 0 Å². The Labute approximate surface area is 153 Å². The number of primary amides is 1. The van der Waals surface area contributed by atoms with Gasteiger partial charge in [0.1, 0.15) is 17.3 Å². The van der Waals surface area contributed by atoms with Crippen LogP contribution < -0.4 is 20.1 Å². The Kier molecular flexibility index (Phi) is 5.02. The number of aryl methyl sites for hydroxylation is 2. The summed E-state index contributed by atoms with van der Waals surface area (Å²) in [7, 11) is 3.31. The Morgan fingerprint density at radius 2 is 2.00 bits per heavy atom. The van der Waals surface area contributed by atoms with Crippen molar-refractivity contribution in [2.24, 2.45) is 5.73 Å². The molecule has 2 aromatic rings. The van der Waals surface area contributed by atoms with Gasteiger partial charge in [-0.15, -0.1) is 0 Å². The lowest BCUT2D eigenvalue weighted by atomic mass is 10.0. The van der Waals surface area contributed by atoms with Gasteiger partial charge in [-0.2, -0.15) is 0 Å². The van der Waals surface area contributed by atoms with Crippen LogP contribution in [0.1, 0.15) is 46.1 Å². The summed E-state index contributed by atoms with van der Waals surface area (Å²) >= 11 is 0. The molecule has 0 radical (unpaired) electrons. The second-order valence-electron chi connectivity index (χ2n) is 6.60. The third-order valence-electron chi connectivity index (χ3n) is 4.89. The number of methoxy groups -OCH3 is 2. The van der Waals surface area contributed by atoms with Crippen LogP contribution in [0.15, 0.2) is 24.3 Å². The summed E-state index contributed by atoms with van der Waals surface area (Å²) in [5, 5.41) is 0. The number of pyridine rings is 1. The van der Waals surface area contributed by atoms with E-state index in [9.17, 15) is 4.79 Å². The van der Waals surface area contributed by atoms with E-state index in [2.05, 4.69) is 9.88 Å². The smallest absolute Gasteiger partial charge is 0.252 e. The quantitative estimate of drug-likeness (QED) is 0.891. The van der Waals surface area contributed by atoms with Crippen molar-refractivity contribution < 1.29 is 14.3 Å². The summed E-state index contributed by atoms with van der Waals surface area (Å²) < 4.78 is 11.0. The number of carbonyl (C=O) groups excluding carboxylic acids is 1. The van der Waals surface area contributed by atoms with Gasteiger partial charge in [-0.3, -0.25) is 4.79 Å².